The van der Waals surface area contributed by atoms with Crippen molar-refractivity contribution < 1.29 is 19.5 Å². The van der Waals surface area contributed by atoms with Crippen molar-refractivity contribution in [3.05, 3.63) is 16.0 Å². The zero-order chi connectivity index (χ0) is 18.1. The lowest BCUT2D eigenvalue weighted by atomic mass is 9.72. The van der Waals surface area contributed by atoms with Gasteiger partial charge in [-0.2, -0.15) is 0 Å². The number of carboxylic acids is 1. The Morgan fingerprint density at radius 1 is 1.29 bits per heavy atom. The number of carboxylic acid groups (broad SMARTS) is 1. The van der Waals surface area contributed by atoms with Gasteiger partial charge in [-0.15, -0.1) is 11.3 Å². The monoisotopic (exact) mass is 351 g/mol. The summed E-state index contributed by atoms with van der Waals surface area (Å²) in [6.45, 7) is 6.61. The Bertz CT molecular complexity index is 673. The summed E-state index contributed by atoms with van der Waals surface area (Å²) in [5.41, 5.74) is 7.00. The van der Waals surface area contributed by atoms with Crippen LogP contribution in [0.1, 0.15) is 60.8 Å². The Morgan fingerprint density at radius 2 is 1.96 bits per heavy atom. The first-order valence-corrected chi connectivity index (χ1v) is 8.85. The SMILES string of the molecule is CC(C)(C)[C@H]1CCc2c(sc(NC(=O)CCC(=O)[O-])c2C(N)=O)C1. The fourth-order valence-corrected chi connectivity index (χ4v) is 4.43. The second-order valence-electron chi connectivity index (χ2n) is 7.30. The second kappa shape index (κ2) is 6.93. The number of hydrogen-bond donors (Lipinski definition) is 2. The molecule has 0 unspecified atom stereocenters. The number of anilines is 1. The molecule has 0 aliphatic heterocycles. The van der Waals surface area contributed by atoms with Crippen LogP contribution in [0.2, 0.25) is 0 Å². The molecule has 0 aromatic carbocycles. The fraction of sp³-hybridized carbons (Fsp3) is 0.588. The summed E-state index contributed by atoms with van der Waals surface area (Å²) in [6, 6.07) is 0. The smallest absolute Gasteiger partial charge is 0.251 e. The molecule has 0 spiro atoms. The van der Waals surface area contributed by atoms with Crippen LogP contribution in [-0.4, -0.2) is 17.8 Å². The Hall–Kier alpha value is -1.89. The number of primary amides is 1. The molecule has 132 valence electrons. The normalized spacial score (nSPS) is 17.2. The van der Waals surface area contributed by atoms with E-state index in [9.17, 15) is 19.5 Å². The summed E-state index contributed by atoms with van der Waals surface area (Å²) in [4.78, 5) is 35.3. The molecule has 6 nitrogen and oxygen atoms in total. The van der Waals surface area contributed by atoms with Gasteiger partial charge in [-0.3, -0.25) is 9.59 Å². The van der Waals surface area contributed by atoms with E-state index in [0.717, 1.165) is 29.7 Å². The van der Waals surface area contributed by atoms with Crippen LogP contribution in [0, 0.1) is 11.3 Å². The molecule has 24 heavy (non-hydrogen) atoms. The fourth-order valence-electron chi connectivity index (χ4n) is 3.08. The lowest BCUT2D eigenvalue weighted by Crippen LogP contribution is -2.27. The average molecular weight is 351 g/mol. The van der Waals surface area contributed by atoms with E-state index in [0.29, 0.717) is 16.5 Å². The van der Waals surface area contributed by atoms with Gasteiger partial charge in [0.1, 0.15) is 5.00 Å². The highest BCUT2D eigenvalue weighted by atomic mass is 32.1. The maximum Gasteiger partial charge on any atom is 0.251 e. The highest BCUT2D eigenvalue weighted by Gasteiger charge is 2.33. The number of nitrogens with two attached hydrogens (primary N) is 1. The summed E-state index contributed by atoms with van der Waals surface area (Å²) < 4.78 is 0. The Kier molecular flexibility index (Phi) is 5.32. The highest BCUT2D eigenvalue weighted by molar-refractivity contribution is 7.17. The molecule has 0 fully saturated rings. The van der Waals surface area contributed by atoms with Crippen LogP contribution in [0.15, 0.2) is 0 Å². The van der Waals surface area contributed by atoms with E-state index in [1.165, 1.54) is 11.3 Å². The third-order valence-electron chi connectivity index (χ3n) is 4.55. The molecular weight excluding hydrogens is 328 g/mol. The summed E-state index contributed by atoms with van der Waals surface area (Å²) in [5.74, 6) is -1.78. The standard InChI is InChI=1S/C17H24N2O4S/c1-17(2,3)9-4-5-10-11(8-9)24-16(14(10)15(18)23)19-12(20)6-7-13(21)22/h9H,4-8H2,1-3H3,(H2,18,23)(H,19,20)(H,21,22)/p-1/t9-/m0/s1. The molecule has 0 bridgehead atoms. The van der Waals surface area contributed by atoms with Gasteiger partial charge in [-0.25, -0.2) is 0 Å². The first-order chi connectivity index (χ1) is 11.1. The minimum absolute atomic E-state index is 0.173. The van der Waals surface area contributed by atoms with Gasteiger partial charge in [0.15, 0.2) is 0 Å². The molecule has 1 aliphatic rings. The largest absolute Gasteiger partial charge is 0.550 e. The van der Waals surface area contributed by atoms with Crippen molar-refractivity contribution >= 4 is 34.1 Å². The number of thiophene rings is 1. The average Bonchev–Trinajstić information content (AvgIpc) is 2.80. The van der Waals surface area contributed by atoms with E-state index in [1.807, 2.05) is 0 Å². The van der Waals surface area contributed by atoms with Crippen molar-refractivity contribution in [1.82, 2.24) is 0 Å². The van der Waals surface area contributed by atoms with Crippen molar-refractivity contribution in [2.24, 2.45) is 17.1 Å². The molecule has 1 heterocycles. The van der Waals surface area contributed by atoms with Gasteiger partial charge in [0.25, 0.3) is 5.91 Å². The van der Waals surface area contributed by atoms with Gasteiger partial charge in [0.2, 0.25) is 5.91 Å². The van der Waals surface area contributed by atoms with Crippen LogP contribution in [-0.2, 0) is 22.4 Å². The predicted octanol–water partition coefficient (Wildman–Crippen LogP) is 1.47. The maximum atomic E-state index is 11.9. The van der Waals surface area contributed by atoms with Gasteiger partial charge in [0, 0.05) is 17.3 Å². The third kappa shape index (κ3) is 4.14. The molecule has 0 radical (unpaired) electrons. The lowest BCUT2D eigenvalue weighted by molar-refractivity contribution is -0.305. The van der Waals surface area contributed by atoms with Gasteiger partial charge >= 0.3 is 0 Å². The number of carbonyl (C=O) groups excluding carboxylic acids is 3. The zero-order valence-electron chi connectivity index (χ0n) is 14.2. The van der Waals surface area contributed by atoms with Crippen LogP contribution in [0.5, 0.6) is 0 Å². The minimum Gasteiger partial charge on any atom is -0.550 e. The number of rotatable bonds is 5. The first kappa shape index (κ1) is 18.4. The van der Waals surface area contributed by atoms with Gasteiger partial charge in [-0.1, -0.05) is 20.8 Å². The van der Waals surface area contributed by atoms with E-state index in [2.05, 4.69) is 26.1 Å². The van der Waals surface area contributed by atoms with E-state index >= 15 is 0 Å². The molecule has 0 saturated carbocycles. The number of hydrogen-bond acceptors (Lipinski definition) is 5. The second-order valence-corrected chi connectivity index (χ2v) is 8.40. The Morgan fingerprint density at radius 3 is 2.50 bits per heavy atom. The molecule has 2 amide bonds. The Balaban J connectivity index is 2.24. The topological polar surface area (TPSA) is 112 Å². The molecule has 2 rings (SSSR count). The number of fused-ring (bicyclic) bond motifs is 1. The summed E-state index contributed by atoms with van der Waals surface area (Å²) >= 11 is 1.38. The van der Waals surface area contributed by atoms with Crippen molar-refractivity contribution in [2.75, 3.05) is 5.32 Å². The van der Waals surface area contributed by atoms with Crippen molar-refractivity contribution in [2.45, 2.75) is 52.9 Å². The van der Waals surface area contributed by atoms with Crippen LogP contribution in [0.25, 0.3) is 0 Å². The maximum absolute atomic E-state index is 11.9. The molecule has 1 aliphatic carbocycles. The highest BCUT2D eigenvalue weighted by Crippen LogP contribution is 2.44. The molecule has 1 aromatic rings. The minimum atomic E-state index is -1.28. The molecular formula is C17H23N2O4S-. The van der Waals surface area contributed by atoms with Crippen LogP contribution in [0.4, 0.5) is 5.00 Å². The van der Waals surface area contributed by atoms with Gasteiger partial charge < -0.3 is 21.0 Å². The zero-order valence-corrected chi connectivity index (χ0v) is 15.0. The summed E-state index contributed by atoms with van der Waals surface area (Å²) in [5, 5.41) is 13.5. The van der Waals surface area contributed by atoms with Crippen LogP contribution in [0.3, 0.4) is 0 Å². The molecule has 3 N–H and O–H groups in total. The van der Waals surface area contributed by atoms with Crippen LogP contribution < -0.4 is 16.2 Å². The molecule has 0 saturated heterocycles. The number of amides is 2. The molecule has 7 heteroatoms. The van der Waals surface area contributed by atoms with E-state index in [1.54, 1.807) is 0 Å². The summed E-state index contributed by atoms with van der Waals surface area (Å²) in [6.07, 6.45) is 2.06. The van der Waals surface area contributed by atoms with Crippen molar-refractivity contribution in [1.29, 1.82) is 0 Å². The quantitative estimate of drug-likeness (QED) is 0.836. The van der Waals surface area contributed by atoms with Gasteiger partial charge in [0.05, 0.1) is 5.56 Å². The molecule has 1 atom stereocenters. The van der Waals surface area contributed by atoms with Crippen molar-refractivity contribution in [3.63, 3.8) is 0 Å². The van der Waals surface area contributed by atoms with E-state index in [4.69, 9.17) is 5.73 Å². The number of nitrogens with one attached hydrogen (secondary N) is 1. The van der Waals surface area contributed by atoms with E-state index in [-0.39, 0.29) is 18.3 Å². The van der Waals surface area contributed by atoms with Crippen LogP contribution >= 0.6 is 11.3 Å². The van der Waals surface area contributed by atoms with E-state index < -0.39 is 17.8 Å². The summed E-state index contributed by atoms with van der Waals surface area (Å²) in [7, 11) is 0. The number of carbonyl (C=O) groups is 3. The third-order valence-corrected chi connectivity index (χ3v) is 5.72. The van der Waals surface area contributed by atoms with Crippen molar-refractivity contribution in [3.8, 4) is 0 Å². The van der Waals surface area contributed by atoms with Gasteiger partial charge in [-0.05, 0) is 42.6 Å². The first-order valence-electron chi connectivity index (χ1n) is 8.03. The number of aliphatic carboxylic acids is 1. The lowest BCUT2D eigenvalue weighted by Gasteiger charge is -2.33. The predicted molar refractivity (Wildman–Crippen MR) is 90.7 cm³/mol. The Labute approximate surface area is 145 Å². The molecule has 1 aromatic heterocycles.